The van der Waals surface area contributed by atoms with Crippen LogP contribution in [0.25, 0.3) is 0 Å². The van der Waals surface area contributed by atoms with Gasteiger partial charge in [0.1, 0.15) is 0 Å². The van der Waals surface area contributed by atoms with Crippen LogP contribution in [0.1, 0.15) is 28.1 Å². The summed E-state index contributed by atoms with van der Waals surface area (Å²) in [5, 5.41) is 1.95. The van der Waals surface area contributed by atoms with Gasteiger partial charge in [-0.1, -0.05) is 6.07 Å². The molecular weight excluding hydrogens is 374 g/mol. The third kappa shape index (κ3) is 4.90. The van der Waals surface area contributed by atoms with Crippen LogP contribution in [0.15, 0.2) is 46.7 Å². The Balaban J connectivity index is 1.53. The van der Waals surface area contributed by atoms with Crippen molar-refractivity contribution in [3.05, 3.63) is 52.2 Å². The summed E-state index contributed by atoms with van der Waals surface area (Å²) in [6.45, 7) is 0.304. The molecule has 2 amide bonds. The molecule has 138 valence electrons. The molecule has 3 N–H and O–H groups in total. The Morgan fingerprint density at radius 1 is 1.08 bits per heavy atom. The average molecular weight is 393 g/mol. The summed E-state index contributed by atoms with van der Waals surface area (Å²) >= 11 is 1.58. The van der Waals surface area contributed by atoms with Crippen molar-refractivity contribution in [2.24, 2.45) is 5.92 Å². The lowest BCUT2D eigenvalue weighted by Crippen LogP contribution is -2.42. The van der Waals surface area contributed by atoms with E-state index >= 15 is 0 Å². The number of hydrogen-bond acceptors (Lipinski definition) is 5. The maximum atomic E-state index is 12.3. The van der Waals surface area contributed by atoms with Crippen molar-refractivity contribution in [2.45, 2.75) is 24.2 Å². The van der Waals surface area contributed by atoms with Gasteiger partial charge in [0.2, 0.25) is 15.9 Å². The third-order valence-electron chi connectivity index (χ3n) is 3.92. The second-order valence-electron chi connectivity index (χ2n) is 5.97. The fourth-order valence-corrected chi connectivity index (χ4v) is 4.01. The average Bonchev–Trinajstić information content (AvgIpc) is 3.36. The predicted molar refractivity (Wildman–Crippen MR) is 98.0 cm³/mol. The van der Waals surface area contributed by atoms with Crippen molar-refractivity contribution in [3.63, 3.8) is 0 Å². The van der Waals surface area contributed by atoms with E-state index in [0.717, 1.165) is 17.7 Å². The molecule has 1 aromatic heterocycles. The number of thiophene rings is 1. The molecule has 0 radical (unpaired) electrons. The molecule has 0 spiro atoms. The maximum Gasteiger partial charge on any atom is 0.269 e. The van der Waals surface area contributed by atoms with Gasteiger partial charge in [0.05, 0.1) is 4.90 Å². The molecule has 0 atom stereocenters. The van der Waals surface area contributed by atoms with E-state index in [0.29, 0.717) is 13.0 Å². The first-order chi connectivity index (χ1) is 12.5. The first-order valence-corrected chi connectivity index (χ1v) is 10.5. The van der Waals surface area contributed by atoms with Gasteiger partial charge in [0.15, 0.2) is 0 Å². The lowest BCUT2D eigenvalue weighted by Gasteiger charge is -2.09. The van der Waals surface area contributed by atoms with Gasteiger partial charge in [-0.2, -0.15) is 0 Å². The van der Waals surface area contributed by atoms with Crippen LogP contribution in [0, 0.1) is 5.92 Å². The number of hydrazine groups is 1. The number of carbonyl (C=O) groups is 2. The van der Waals surface area contributed by atoms with Crippen LogP contribution in [0.5, 0.6) is 0 Å². The largest absolute Gasteiger partial charge is 0.273 e. The Morgan fingerprint density at radius 2 is 1.81 bits per heavy atom. The highest BCUT2D eigenvalue weighted by molar-refractivity contribution is 7.89. The topological polar surface area (TPSA) is 104 Å². The monoisotopic (exact) mass is 393 g/mol. The van der Waals surface area contributed by atoms with Gasteiger partial charge >= 0.3 is 0 Å². The number of nitrogens with one attached hydrogen (secondary N) is 3. The third-order valence-corrected chi connectivity index (χ3v) is 6.33. The van der Waals surface area contributed by atoms with Crippen molar-refractivity contribution in [2.75, 3.05) is 6.54 Å². The van der Waals surface area contributed by atoms with Crippen LogP contribution in [-0.4, -0.2) is 26.8 Å². The van der Waals surface area contributed by atoms with E-state index in [1.165, 1.54) is 24.3 Å². The molecule has 0 aliphatic heterocycles. The summed E-state index contributed by atoms with van der Waals surface area (Å²) in [7, 11) is -3.63. The van der Waals surface area contributed by atoms with E-state index in [-0.39, 0.29) is 22.3 Å². The molecule has 0 bridgehead atoms. The van der Waals surface area contributed by atoms with E-state index in [4.69, 9.17) is 0 Å². The first kappa shape index (κ1) is 18.6. The van der Waals surface area contributed by atoms with Crippen molar-refractivity contribution in [3.8, 4) is 0 Å². The summed E-state index contributed by atoms with van der Waals surface area (Å²) in [6.07, 6.45) is 2.31. The fraction of sp³-hybridized carbons (Fsp3) is 0.294. The predicted octanol–water partition coefficient (Wildman–Crippen LogP) is 1.44. The molecule has 1 aromatic carbocycles. The van der Waals surface area contributed by atoms with Crippen LogP contribution in [0.2, 0.25) is 0 Å². The lowest BCUT2D eigenvalue weighted by atomic mass is 10.2. The maximum absolute atomic E-state index is 12.3. The summed E-state index contributed by atoms with van der Waals surface area (Å²) in [6, 6.07) is 9.43. The second kappa shape index (κ2) is 7.98. The van der Waals surface area contributed by atoms with Crippen LogP contribution >= 0.6 is 11.3 Å². The molecule has 1 aliphatic carbocycles. The molecule has 26 heavy (non-hydrogen) atoms. The number of rotatable bonds is 7. The summed E-state index contributed by atoms with van der Waals surface area (Å²) in [4.78, 5) is 24.7. The Labute approximate surface area is 155 Å². The molecule has 9 heteroatoms. The van der Waals surface area contributed by atoms with E-state index in [9.17, 15) is 18.0 Å². The number of sulfonamides is 1. The van der Waals surface area contributed by atoms with Crippen LogP contribution in [0.4, 0.5) is 0 Å². The zero-order valence-electron chi connectivity index (χ0n) is 13.9. The van der Waals surface area contributed by atoms with Gasteiger partial charge in [0, 0.05) is 22.9 Å². The standard InChI is InChI=1S/C17H19N3O4S2/c21-16(12-3-4-12)19-20-17(22)13-5-7-15(8-6-13)26(23,24)18-10-9-14-2-1-11-25-14/h1-2,5-8,11-12,18H,3-4,9-10H2,(H,19,21)(H,20,22). The van der Waals surface area contributed by atoms with Crippen LogP contribution in [0.3, 0.4) is 0 Å². The van der Waals surface area contributed by atoms with Crippen LogP contribution < -0.4 is 15.6 Å². The van der Waals surface area contributed by atoms with Crippen molar-refractivity contribution in [1.29, 1.82) is 0 Å². The highest BCUT2D eigenvalue weighted by atomic mass is 32.2. The normalized spacial score (nSPS) is 14.0. The number of amides is 2. The Bertz CT molecular complexity index is 873. The van der Waals surface area contributed by atoms with E-state index in [1.54, 1.807) is 11.3 Å². The first-order valence-electron chi connectivity index (χ1n) is 8.18. The van der Waals surface area contributed by atoms with Crippen molar-refractivity contribution < 1.29 is 18.0 Å². The minimum Gasteiger partial charge on any atom is -0.273 e. The van der Waals surface area contributed by atoms with Gasteiger partial charge in [0.25, 0.3) is 5.91 Å². The highest BCUT2D eigenvalue weighted by Gasteiger charge is 2.29. The molecule has 1 heterocycles. The molecule has 2 aromatic rings. The molecule has 1 aliphatic rings. The van der Waals surface area contributed by atoms with Gasteiger partial charge in [-0.15, -0.1) is 11.3 Å². The second-order valence-corrected chi connectivity index (χ2v) is 8.77. The van der Waals surface area contributed by atoms with E-state index < -0.39 is 15.9 Å². The van der Waals surface area contributed by atoms with Gasteiger partial charge in [-0.25, -0.2) is 13.1 Å². The zero-order chi connectivity index (χ0) is 18.6. The molecular formula is C17H19N3O4S2. The number of carbonyl (C=O) groups excluding carboxylic acids is 2. The van der Waals surface area contributed by atoms with Gasteiger partial charge < -0.3 is 0 Å². The van der Waals surface area contributed by atoms with Gasteiger partial charge in [-0.05, 0) is 55.0 Å². The minimum atomic E-state index is -3.63. The number of hydrogen-bond donors (Lipinski definition) is 3. The summed E-state index contributed by atoms with van der Waals surface area (Å²) < 4.78 is 27.1. The zero-order valence-corrected chi connectivity index (χ0v) is 15.5. The van der Waals surface area contributed by atoms with Gasteiger partial charge in [-0.3, -0.25) is 20.4 Å². The minimum absolute atomic E-state index is 0.0110. The Hall–Kier alpha value is -2.23. The Morgan fingerprint density at radius 3 is 2.42 bits per heavy atom. The van der Waals surface area contributed by atoms with Crippen molar-refractivity contribution >= 4 is 33.2 Å². The molecule has 0 unspecified atom stereocenters. The molecule has 0 saturated heterocycles. The number of benzene rings is 1. The van der Waals surface area contributed by atoms with E-state index in [2.05, 4.69) is 15.6 Å². The SMILES string of the molecule is O=C(NNC(=O)C1CC1)c1ccc(S(=O)(=O)NCCc2cccs2)cc1. The Kier molecular flexibility index (Phi) is 5.70. The summed E-state index contributed by atoms with van der Waals surface area (Å²) in [5.41, 5.74) is 4.95. The molecule has 1 fully saturated rings. The van der Waals surface area contributed by atoms with Crippen LogP contribution in [-0.2, 0) is 21.2 Å². The van der Waals surface area contributed by atoms with Crippen molar-refractivity contribution in [1.82, 2.24) is 15.6 Å². The lowest BCUT2D eigenvalue weighted by molar-refractivity contribution is -0.123. The fourth-order valence-electron chi connectivity index (χ4n) is 2.27. The molecule has 3 rings (SSSR count). The molecule has 1 saturated carbocycles. The quantitative estimate of drug-likeness (QED) is 0.619. The van der Waals surface area contributed by atoms with E-state index in [1.807, 2.05) is 17.5 Å². The smallest absolute Gasteiger partial charge is 0.269 e. The highest BCUT2D eigenvalue weighted by Crippen LogP contribution is 2.28. The molecule has 7 nitrogen and oxygen atoms in total. The summed E-state index contributed by atoms with van der Waals surface area (Å²) in [5.74, 6) is -0.704.